The van der Waals surface area contributed by atoms with E-state index in [0.717, 1.165) is 32.6 Å². The van der Waals surface area contributed by atoms with Crippen LogP contribution in [0.3, 0.4) is 0 Å². The van der Waals surface area contributed by atoms with E-state index in [-0.39, 0.29) is 0 Å². The molecule has 0 atom stereocenters. The first-order valence-corrected chi connectivity index (χ1v) is 6.96. The molecule has 0 heterocycles. The zero-order valence-corrected chi connectivity index (χ0v) is 11.3. The Bertz CT molecular complexity index is 137. The molecule has 0 saturated heterocycles. The monoisotopic (exact) mass is 235 g/mol. The summed E-state index contributed by atoms with van der Waals surface area (Å²) < 4.78 is 13.0. The highest BCUT2D eigenvalue weighted by Crippen LogP contribution is 1.97. The maximum absolute atomic E-state index is 5.40. The van der Waals surface area contributed by atoms with Crippen LogP contribution in [-0.4, -0.2) is 61.0 Å². The summed E-state index contributed by atoms with van der Waals surface area (Å²) in [5.41, 5.74) is 5.40. The fourth-order valence-electron chi connectivity index (χ4n) is 1.45. The van der Waals surface area contributed by atoms with Crippen LogP contribution in [0.25, 0.3) is 0 Å². The van der Waals surface area contributed by atoms with Gasteiger partial charge in [0.05, 0.1) is 0 Å². The third-order valence-electron chi connectivity index (χ3n) is 2.11. The van der Waals surface area contributed by atoms with Crippen LogP contribution in [-0.2, 0) is 8.85 Å². The molecule has 0 radical (unpaired) electrons. The number of nitrogens with two attached hydrogens (primary N) is 1. The summed E-state index contributed by atoms with van der Waals surface area (Å²) in [5, 5.41) is 3.27. The van der Waals surface area contributed by atoms with Gasteiger partial charge in [0.15, 0.2) is 0 Å². The maximum Gasteiger partial charge on any atom is 0.410 e. The topological polar surface area (TPSA) is 59.8 Å². The van der Waals surface area contributed by atoms with Crippen LogP contribution in [0.1, 0.15) is 13.3 Å². The molecule has 0 saturated carbocycles. The van der Waals surface area contributed by atoms with Crippen molar-refractivity contribution in [3.63, 3.8) is 0 Å². The van der Waals surface area contributed by atoms with Gasteiger partial charge in [0.25, 0.3) is 0 Å². The number of nitrogens with zero attached hydrogens (tertiary/aromatic N) is 1. The summed E-state index contributed by atoms with van der Waals surface area (Å²) in [7, 11) is 1.82. The SMILES string of the molecule is CCCN(CCNCCN)[SiH](OC)OC. The third-order valence-corrected chi connectivity index (χ3v) is 4.03. The van der Waals surface area contributed by atoms with Gasteiger partial charge < -0.3 is 19.9 Å². The fourth-order valence-corrected chi connectivity index (χ4v) is 3.05. The van der Waals surface area contributed by atoms with E-state index in [1.807, 2.05) is 0 Å². The lowest BCUT2D eigenvalue weighted by Crippen LogP contribution is -2.46. The molecule has 92 valence electrons. The van der Waals surface area contributed by atoms with Crippen LogP contribution in [0.4, 0.5) is 0 Å². The molecule has 0 aliphatic carbocycles. The largest absolute Gasteiger partial charge is 0.410 e. The number of hydrogen-bond acceptors (Lipinski definition) is 5. The van der Waals surface area contributed by atoms with Gasteiger partial charge in [-0.1, -0.05) is 6.92 Å². The van der Waals surface area contributed by atoms with Gasteiger partial charge in [0, 0.05) is 40.4 Å². The van der Waals surface area contributed by atoms with Gasteiger partial charge in [-0.05, 0) is 13.0 Å². The second kappa shape index (κ2) is 10.5. The average Bonchev–Trinajstić information content (AvgIpc) is 2.26. The van der Waals surface area contributed by atoms with Crippen molar-refractivity contribution in [3.05, 3.63) is 0 Å². The number of nitrogens with one attached hydrogen (secondary N) is 1. The van der Waals surface area contributed by atoms with E-state index in [1.54, 1.807) is 14.2 Å². The van der Waals surface area contributed by atoms with Crippen LogP contribution in [0.5, 0.6) is 0 Å². The molecule has 0 amide bonds. The Hall–Kier alpha value is 0.0169. The van der Waals surface area contributed by atoms with Crippen molar-refractivity contribution in [2.24, 2.45) is 5.73 Å². The smallest absolute Gasteiger partial charge is 0.388 e. The number of hydrogen-bond donors (Lipinski definition) is 2. The molecule has 3 N–H and O–H groups in total. The van der Waals surface area contributed by atoms with E-state index < -0.39 is 9.45 Å². The minimum Gasteiger partial charge on any atom is -0.388 e. The Morgan fingerprint density at radius 2 is 1.87 bits per heavy atom. The van der Waals surface area contributed by atoms with Gasteiger partial charge in [0.2, 0.25) is 0 Å². The van der Waals surface area contributed by atoms with Gasteiger partial charge in [-0.3, -0.25) is 4.57 Å². The molecule has 0 bridgehead atoms. The van der Waals surface area contributed by atoms with Crippen molar-refractivity contribution >= 4 is 9.45 Å². The molecule has 0 aliphatic rings. The Morgan fingerprint density at radius 1 is 1.20 bits per heavy atom. The van der Waals surface area contributed by atoms with Crippen LogP contribution >= 0.6 is 0 Å². The summed E-state index contributed by atoms with van der Waals surface area (Å²) in [6.07, 6.45) is 1.12. The predicted molar refractivity (Wildman–Crippen MR) is 65.0 cm³/mol. The molecule has 0 aromatic rings. The van der Waals surface area contributed by atoms with Crippen molar-refractivity contribution in [2.75, 3.05) is 46.9 Å². The van der Waals surface area contributed by atoms with E-state index >= 15 is 0 Å². The van der Waals surface area contributed by atoms with Crippen LogP contribution in [0.15, 0.2) is 0 Å². The highest BCUT2D eigenvalue weighted by Gasteiger charge is 2.19. The van der Waals surface area contributed by atoms with E-state index in [2.05, 4.69) is 16.8 Å². The third kappa shape index (κ3) is 6.99. The molecule has 6 heteroatoms. The van der Waals surface area contributed by atoms with E-state index in [4.69, 9.17) is 14.6 Å². The molecule has 0 spiro atoms. The first kappa shape index (κ1) is 15.0. The molecular weight excluding hydrogens is 210 g/mol. The quantitative estimate of drug-likeness (QED) is 0.386. The Labute approximate surface area is 94.8 Å². The molecular formula is C9H25N3O2Si. The van der Waals surface area contributed by atoms with Crippen LogP contribution in [0, 0.1) is 0 Å². The molecule has 0 rings (SSSR count). The average molecular weight is 235 g/mol. The molecule has 5 nitrogen and oxygen atoms in total. The zero-order chi connectivity index (χ0) is 11.5. The second-order valence-electron chi connectivity index (χ2n) is 3.35. The molecule has 0 unspecified atom stereocenters. The minimum atomic E-state index is -1.61. The first-order valence-electron chi connectivity index (χ1n) is 5.50. The fraction of sp³-hybridized carbons (Fsp3) is 1.00. The molecule has 0 aliphatic heterocycles. The summed E-state index contributed by atoms with van der Waals surface area (Å²) >= 11 is 0. The molecule has 0 aromatic carbocycles. The van der Waals surface area contributed by atoms with Crippen molar-refractivity contribution in [3.8, 4) is 0 Å². The number of rotatable bonds is 10. The molecule has 15 heavy (non-hydrogen) atoms. The molecule has 0 fully saturated rings. The highest BCUT2D eigenvalue weighted by atomic mass is 28.3. The lowest BCUT2D eigenvalue weighted by molar-refractivity contribution is 0.198. The predicted octanol–water partition coefficient (Wildman–Crippen LogP) is -0.743. The normalized spacial score (nSPS) is 11.6. The van der Waals surface area contributed by atoms with Crippen molar-refractivity contribution in [1.82, 2.24) is 9.88 Å². The first-order chi connectivity index (χ1) is 7.29. The minimum absolute atomic E-state index is 0.684. The van der Waals surface area contributed by atoms with Gasteiger partial charge in [0.1, 0.15) is 0 Å². The lowest BCUT2D eigenvalue weighted by atomic mass is 10.4. The van der Waals surface area contributed by atoms with Gasteiger partial charge in [-0.25, -0.2) is 0 Å². The van der Waals surface area contributed by atoms with E-state index in [9.17, 15) is 0 Å². The standard InChI is InChI=1S/C9H25N3O2Si/c1-4-8-12(15(13-2)14-3)9-7-11-6-5-10/h11,15H,4-10H2,1-3H3. The lowest BCUT2D eigenvalue weighted by Gasteiger charge is -2.26. The van der Waals surface area contributed by atoms with Crippen LogP contribution < -0.4 is 11.1 Å². The van der Waals surface area contributed by atoms with E-state index in [1.165, 1.54) is 0 Å². The van der Waals surface area contributed by atoms with Crippen LogP contribution in [0.2, 0.25) is 0 Å². The maximum atomic E-state index is 5.40. The summed E-state index contributed by atoms with van der Waals surface area (Å²) in [4.78, 5) is 0. The van der Waals surface area contributed by atoms with Crippen molar-refractivity contribution in [1.29, 1.82) is 0 Å². The van der Waals surface area contributed by atoms with Crippen molar-refractivity contribution < 1.29 is 8.85 Å². The van der Waals surface area contributed by atoms with Gasteiger partial charge >= 0.3 is 9.45 Å². The summed E-state index contributed by atoms with van der Waals surface area (Å²) in [6, 6.07) is 0. The zero-order valence-electron chi connectivity index (χ0n) is 10.2. The Balaban J connectivity index is 3.80. The molecule has 0 aromatic heterocycles. The van der Waals surface area contributed by atoms with Crippen molar-refractivity contribution in [2.45, 2.75) is 13.3 Å². The van der Waals surface area contributed by atoms with E-state index in [0.29, 0.717) is 6.54 Å². The van der Waals surface area contributed by atoms with Gasteiger partial charge in [-0.2, -0.15) is 0 Å². The Morgan fingerprint density at radius 3 is 2.33 bits per heavy atom. The Kier molecular flexibility index (Phi) is 10.5. The van der Waals surface area contributed by atoms with Gasteiger partial charge in [-0.15, -0.1) is 0 Å². The second-order valence-corrected chi connectivity index (χ2v) is 5.64. The highest BCUT2D eigenvalue weighted by molar-refractivity contribution is 6.40. The summed E-state index contributed by atoms with van der Waals surface area (Å²) in [6.45, 7) is 6.65. The summed E-state index contributed by atoms with van der Waals surface area (Å²) in [5.74, 6) is 0.